The fraction of sp³-hybridized carbons (Fsp3) is 0.688. The number of rotatable bonds is 5. The highest BCUT2D eigenvalue weighted by Crippen LogP contribution is 2.32. The summed E-state index contributed by atoms with van der Waals surface area (Å²) in [7, 11) is 1.75. The summed E-state index contributed by atoms with van der Waals surface area (Å²) >= 11 is 0. The van der Waals surface area contributed by atoms with Gasteiger partial charge in [-0.25, -0.2) is 0 Å². The van der Waals surface area contributed by atoms with Gasteiger partial charge in [0.05, 0.1) is 0 Å². The van der Waals surface area contributed by atoms with Crippen LogP contribution in [0.3, 0.4) is 0 Å². The molecule has 1 saturated carbocycles. The molecule has 0 aliphatic heterocycles. The fourth-order valence-corrected chi connectivity index (χ4v) is 3.09. The smallest absolute Gasteiger partial charge is 0.228 e. The lowest BCUT2D eigenvalue weighted by Gasteiger charge is -2.27. The number of aryl methyl sites for hydroxylation is 1. The minimum Gasteiger partial charge on any atom is -0.308 e. The molecule has 1 heterocycles. The first kappa shape index (κ1) is 15.6. The van der Waals surface area contributed by atoms with E-state index >= 15 is 0 Å². The van der Waals surface area contributed by atoms with Gasteiger partial charge in [0.25, 0.3) is 0 Å². The molecule has 1 fully saturated rings. The third-order valence-electron chi connectivity index (χ3n) is 4.37. The maximum atomic E-state index is 12.3. The van der Waals surface area contributed by atoms with Crippen molar-refractivity contribution >= 4 is 11.7 Å². The molecule has 2 rings (SSSR count). The maximum absolute atomic E-state index is 12.3. The van der Waals surface area contributed by atoms with Gasteiger partial charge < -0.3 is 5.32 Å². The number of nitrogens with one attached hydrogen (secondary N) is 1. The number of nitriles is 1. The Morgan fingerprint density at radius 2 is 2.19 bits per heavy atom. The van der Waals surface area contributed by atoms with E-state index in [1.807, 2.05) is 0 Å². The summed E-state index contributed by atoms with van der Waals surface area (Å²) in [4.78, 5) is 12.3. The van der Waals surface area contributed by atoms with E-state index in [1.54, 1.807) is 17.9 Å². The van der Waals surface area contributed by atoms with Crippen LogP contribution in [-0.4, -0.2) is 15.7 Å². The topological polar surface area (TPSA) is 70.7 Å². The van der Waals surface area contributed by atoms with E-state index in [4.69, 9.17) is 5.26 Å². The number of anilines is 1. The van der Waals surface area contributed by atoms with Crippen LogP contribution in [0.4, 0.5) is 5.82 Å². The summed E-state index contributed by atoms with van der Waals surface area (Å²) in [5.74, 6) is 1.26. The molecule has 0 unspecified atom stereocenters. The van der Waals surface area contributed by atoms with Gasteiger partial charge in [0.1, 0.15) is 11.6 Å². The lowest BCUT2D eigenvalue weighted by Crippen LogP contribution is -2.27. The van der Waals surface area contributed by atoms with E-state index in [-0.39, 0.29) is 11.8 Å². The second-order valence-electron chi connectivity index (χ2n) is 6.03. The Bertz CT molecular complexity index is 521. The molecular formula is C16H24N4O. The fourth-order valence-electron chi connectivity index (χ4n) is 3.09. The molecule has 1 aromatic rings. The minimum absolute atomic E-state index is 0.0131. The predicted molar refractivity (Wildman–Crippen MR) is 81.5 cm³/mol. The van der Waals surface area contributed by atoms with Crippen molar-refractivity contribution in [3.05, 3.63) is 11.8 Å². The van der Waals surface area contributed by atoms with Gasteiger partial charge in [0, 0.05) is 19.2 Å². The van der Waals surface area contributed by atoms with Crippen molar-refractivity contribution in [2.24, 2.45) is 18.9 Å². The molecule has 0 saturated heterocycles. The van der Waals surface area contributed by atoms with Crippen LogP contribution in [-0.2, 0) is 11.8 Å². The van der Waals surface area contributed by atoms with Gasteiger partial charge in [0.2, 0.25) is 5.91 Å². The van der Waals surface area contributed by atoms with Gasteiger partial charge in [-0.2, -0.15) is 10.4 Å². The summed E-state index contributed by atoms with van der Waals surface area (Å²) in [6.45, 7) is 2.22. The number of nitrogens with zero attached hydrogens (tertiary/aromatic N) is 3. The van der Waals surface area contributed by atoms with Gasteiger partial charge >= 0.3 is 0 Å². The zero-order valence-electron chi connectivity index (χ0n) is 12.9. The number of unbranched alkanes of at least 4 members (excludes halogenated alkanes) is 1. The molecule has 1 aliphatic rings. The predicted octanol–water partition coefficient (Wildman–Crippen LogP) is 3.23. The summed E-state index contributed by atoms with van der Waals surface area (Å²) in [6.07, 6.45) is 9.65. The Labute approximate surface area is 126 Å². The average Bonchev–Trinajstić information content (AvgIpc) is 2.85. The summed E-state index contributed by atoms with van der Waals surface area (Å²) in [5, 5.41) is 16.0. The van der Waals surface area contributed by atoms with Crippen molar-refractivity contribution in [3.8, 4) is 6.07 Å². The Morgan fingerprint density at radius 1 is 1.48 bits per heavy atom. The molecule has 1 aliphatic carbocycles. The molecule has 0 aromatic carbocycles. The quantitative estimate of drug-likeness (QED) is 0.904. The third-order valence-corrected chi connectivity index (χ3v) is 4.37. The Kier molecular flexibility index (Phi) is 5.38. The number of carbonyl (C=O) groups excluding carboxylic acids is 1. The molecule has 0 spiro atoms. The van der Waals surface area contributed by atoms with E-state index in [0.29, 0.717) is 11.4 Å². The standard InChI is InChI=1S/C16H24N4O/c1-3-4-5-12-6-8-13(9-7-12)16(21)18-15-14(10-17)11-20(2)19-15/h11-13H,3-9H2,1-2H3,(H,18,19,21). The van der Waals surface area contributed by atoms with E-state index in [0.717, 1.165) is 31.6 Å². The number of amides is 1. The molecular weight excluding hydrogens is 264 g/mol. The number of carbonyl (C=O) groups is 1. The molecule has 114 valence electrons. The van der Waals surface area contributed by atoms with Crippen molar-refractivity contribution < 1.29 is 4.79 Å². The van der Waals surface area contributed by atoms with Crippen molar-refractivity contribution in [2.75, 3.05) is 5.32 Å². The summed E-state index contributed by atoms with van der Waals surface area (Å²) in [6, 6.07) is 2.06. The number of hydrogen-bond donors (Lipinski definition) is 1. The van der Waals surface area contributed by atoms with Crippen LogP contribution < -0.4 is 5.32 Å². The van der Waals surface area contributed by atoms with Crippen molar-refractivity contribution in [1.82, 2.24) is 9.78 Å². The molecule has 1 N–H and O–H groups in total. The van der Waals surface area contributed by atoms with E-state index in [1.165, 1.54) is 19.3 Å². The zero-order valence-corrected chi connectivity index (χ0v) is 12.9. The summed E-state index contributed by atoms with van der Waals surface area (Å²) < 4.78 is 1.55. The Hall–Kier alpha value is -1.83. The second-order valence-corrected chi connectivity index (χ2v) is 6.03. The third kappa shape index (κ3) is 4.07. The van der Waals surface area contributed by atoms with Gasteiger partial charge in [-0.1, -0.05) is 26.2 Å². The van der Waals surface area contributed by atoms with Crippen molar-refractivity contribution in [2.45, 2.75) is 51.9 Å². The highest BCUT2D eigenvalue weighted by atomic mass is 16.2. The second kappa shape index (κ2) is 7.26. The Balaban J connectivity index is 1.86. The molecule has 0 radical (unpaired) electrons. The van der Waals surface area contributed by atoms with Gasteiger partial charge in [-0.05, 0) is 31.6 Å². The minimum atomic E-state index is 0.0131. The normalized spacial score (nSPS) is 21.8. The van der Waals surface area contributed by atoms with Gasteiger partial charge in [-0.15, -0.1) is 0 Å². The van der Waals surface area contributed by atoms with Crippen LogP contribution in [0.1, 0.15) is 57.4 Å². The lowest BCUT2D eigenvalue weighted by molar-refractivity contribution is -0.121. The Morgan fingerprint density at radius 3 is 2.81 bits per heavy atom. The molecule has 0 atom stereocenters. The largest absolute Gasteiger partial charge is 0.308 e. The average molecular weight is 288 g/mol. The van der Waals surface area contributed by atoms with Gasteiger partial charge in [0.15, 0.2) is 5.82 Å². The van der Waals surface area contributed by atoms with Crippen LogP contribution in [0.25, 0.3) is 0 Å². The highest BCUT2D eigenvalue weighted by molar-refractivity contribution is 5.92. The first-order valence-electron chi connectivity index (χ1n) is 7.88. The molecule has 0 bridgehead atoms. The van der Waals surface area contributed by atoms with Crippen LogP contribution in [0.5, 0.6) is 0 Å². The SMILES string of the molecule is CCCCC1CCC(C(=O)Nc2nn(C)cc2C#N)CC1. The highest BCUT2D eigenvalue weighted by Gasteiger charge is 2.26. The lowest BCUT2D eigenvalue weighted by atomic mass is 9.79. The van der Waals surface area contributed by atoms with E-state index in [2.05, 4.69) is 23.4 Å². The zero-order chi connectivity index (χ0) is 15.2. The summed E-state index contributed by atoms with van der Waals surface area (Å²) in [5.41, 5.74) is 0.419. The van der Waals surface area contributed by atoms with E-state index in [9.17, 15) is 4.79 Å². The van der Waals surface area contributed by atoms with E-state index < -0.39 is 0 Å². The monoisotopic (exact) mass is 288 g/mol. The van der Waals surface area contributed by atoms with Crippen LogP contribution in [0, 0.1) is 23.2 Å². The number of hydrogen-bond acceptors (Lipinski definition) is 3. The molecule has 5 heteroatoms. The molecule has 1 amide bonds. The van der Waals surface area contributed by atoms with Crippen molar-refractivity contribution in [3.63, 3.8) is 0 Å². The molecule has 1 aromatic heterocycles. The van der Waals surface area contributed by atoms with Crippen LogP contribution in [0.15, 0.2) is 6.20 Å². The molecule has 21 heavy (non-hydrogen) atoms. The first-order valence-corrected chi connectivity index (χ1v) is 7.88. The van der Waals surface area contributed by atoms with Crippen molar-refractivity contribution in [1.29, 1.82) is 5.26 Å². The molecule has 5 nitrogen and oxygen atoms in total. The van der Waals surface area contributed by atoms with Gasteiger partial charge in [-0.3, -0.25) is 9.48 Å². The first-order chi connectivity index (χ1) is 10.1. The van der Waals surface area contributed by atoms with Crippen LogP contribution >= 0.6 is 0 Å². The number of aromatic nitrogens is 2. The maximum Gasteiger partial charge on any atom is 0.228 e. The van der Waals surface area contributed by atoms with Crippen LogP contribution in [0.2, 0.25) is 0 Å².